The first-order valence-corrected chi connectivity index (χ1v) is 3.77. The first-order valence-electron chi connectivity index (χ1n) is 3.77. The first kappa shape index (κ1) is 12.5. The zero-order chi connectivity index (χ0) is 12.6. The molecule has 1 aromatic heterocycles. The summed E-state index contributed by atoms with van der Waals surface area (Å²) in [5.74, 6) is -9.79. The average molecular weight is 243 g/mol. The zero-order valence-electron chi connectivity index (χ0n) is 7.36. The van der Waals surface area contributed by atoms with Crippen molar-refractivity contribution in [1.82, 2.24) is 4.98 Å². The molecule has 0 unspecified atom stereocenters. The van der Waals surface area contributed by atoms with Gasteiger partial charge < -0.3 is 0 Å². The van der Waals surface area contributed by atoms with Gasteiger partial charge in [0.15, 0.2) is 5.82 Å². The van der Waals surface area contributed by atoms with E-state index < -0.39 is 29.3 Å². The number of aromatic nitrogens is 1. The molecule has 88 valence electrons. The number of carbonyl (C=O) groups excluding carboxylic acids is 1. The highest BCUT2D eigenvalue weighted by atomic mass is 19.4. The molecule has 0 aliphatic heterocycles. The van der Waals surface area contributed by atoms with Crippen molar-refractivity contribution in [2.24, 2.45) is 0 Å². The van der Waals surface area contributed by atoms with Crippen molar-refractivity contribution in [3.05, 3.63) is 29.8 Å². The average Bonchev–Trinajstić information content (AvgIpc) is 2.15. The maximum absolute atomic E-state index is 12.8. The van der Waals surface area contributed by atoms with Crippen LogP contribution in [0.15, 0.2) is 18.5 Å². The lowest BCUT2D eigenvalue weighted by Crippen LogP contribution is -2.44. The van der Waals surface area contributed by atoms with Gasteiger partial charge in [0, 0.05) is 6.20 Å². The van der Waals surface area contributed by atoms with Crippen LogP contribution in [0.2, 0.25) is 0 Å². The van der Waals surface area contributed by atoms with Gasteiger partial charge in [0.05, 0.1) is 11.8 Å². The normalized spacial score (nSPS) is 12.6. The van der Waals surface area contributed by atoms with Crippen LogP contribution in [0.1, 0.15) is 10.4 Å². The van der Waals surface area contributed by atoms with Crippen molar-refractivity contribution >= 4 is 5.78 Å². The lowest BCUT2D eigenvalue weighted by atomic mass is 10.1. The van der Waals surface area contributed by atoms with Crippen LogP contribution in [0.3, 0.4) is 0 Å². The van der Waals surface area contributed by atoms with Crippen molar-refractivity contribution in [3.8, 4) is 0 Å². The fraction of sp³-hybridized carbons (Fsp3) is 0.250. The Balaban J connectivity index is 3.18. The van der Waals surface area contributed by atoms with E-state index >= 15 is 0 Å². The van der Waals surface area contributed by atoms with Gasteiger partial charge in [-0.1, -0.05) is 0 Å². The first-order chi connectivity index (χ1) is 7.18. The van der Waals surface area contributed by atoms with Gasteiger partial charge in [-0.3, -0.25) is 9.78 Å². The molecule has 0 bridgehead atoms. The van der Waals surface area contributed by atoms with Gasteiger partial charge >= 0.3 is 12.1 Å². The second kappa shape index (κ2) is 3.76. The summed E-state index contributed by atoms with van der Waals surface area (Å²) in [6, 6.07) is 0.456. The summed E-state index contributed by atoms with van der Waals surface area (Å²) >= 11 is 0. The Labute approximate surface area is 84.9 Å². The monoisotopic (exact) mass is 243 g/mol. The Morgan fingerprint density at radius 1 is 1.19 bits per heavy atom. The van der Waals surface area contributed by atoms with Crippen LogP contribution in [-0.4, -0.2) is 22.9 Å². The van der Waals surface area contributed by atoms with Gasteiger partial charge in [-0.2, -0.15) is 22.0 Å². The third-order valence-corrected chi connectivity index (χ3v) is 1.66. The van der Waals surface area contributed by atoms with Gasteiger partial charge in [0.2, 0.25) is 5.78 Å². The van der Waals surface area contributed by atoms with Gasteiger partial charge in [-0.15, -0.1) is 0 Å². The number of Topliss-reactive ketones (excluding diaryl/α,β-unsaturated/α-hetero) is 1. The van der Waals surface area contributed by atoms with Crippen LogP contribution in [0, 0.1) is 5.82 Å². The van der Waals surface area contributed by atoms with Crippen LogP contribution >= 0.6 is 0 Å². The quantitative estimate of drug-likeness (QED) is 0.590. The fourth-order valence-electron chi connectivity index (χ4n) is 0.857. The highest BCUT2D eigenvalue weighted by Gasteiger charge is 2.63. The molecule has 16 heavy (non-hydrogen) atoms. The number of ketones is 1. The smallest absolute Gasteiger partial charge is 0.287 e. The molecule has 0 aromatic carbocycles. The highest BCUT2D eigenvalue weighted by Crippen LogP contribution is 2.38. The Hall–Kier alpha value is -1.60. The maximum Gasteiger partial charge on any atom is 0.461 e. The molecule has 1 heterocycles. The van der Waals surface area contributed by atoms with Crippen LogP contribution in [0.25, 0.3) is 0 Å². The van der Waals surface area contributed by atoms with Gasteiger partial charge in [-0.25, -0.2) is 4.39 Å². The maximum atomic E-state index is 12.8. The number of pyridine rings is 1. The van der Waals surface area contributed by atoms with Crippen molar-refractivity contribution in [2.45, 2.75) is 12.1 Å². The topological polar surface area (TPSA) is 30.0 Å². The lowest BCUT2D eigenvalue weighted by Gasteiger charge is -2.17. The molecule has 0 atom stereocenters. The zero-order valence-corrected chi connectivity index (χ0v) is 7.36. The summed E-state index contributed by atoms with van der Waals surface area (Å²) in [6.45, 7) is 0. The molecule has 0 aliphatic carbocycles. The Morgan fingerprint density at radius 3 is 2.19 bits per heavy atom. The second-order valence-corrected chi connectivity index (χ2v) is 2.76. The highest BCUT2D eigenvalue weighted by molar-refractivity contribution is 6.02. The van der Waals surface area contributed by atoms with E-state index in [1.165, 1.54) is 0 Å². The molecule has 0 amide bonds. The Kier molecular flexibility index (Phi) is 2.93. The third kappa shape index (κ3) is 2.00. The largest absolute Gasteiger partial charge is 0.461 e. The summed E-state index contributed by atoms with van der Waals surface area (Å²) in [5.41, 5.74) is -1.35. The Bertz CT molecular complexity index is 413. The molecule has 0 saturated heterocycles. The van der Waals surface area contributed by atoms with Crippen molar-refractivity contribution in [2.75, 3.05) is 0 Å². The molecule has 0 spiro atoms. The van der Waals surface area contributed by atoms with Crippen molar-refractivity contribution < 1.29 is 31.1 Å². The predicted octanol–water partition coefficient (Wildman–Crippen LogP) is 2.60. The molecule has 8 heteroatoms. The predicted molar refractivity (Wildman–Crippen MR) is 39.5 cm³/mol. The summed E-state index contributed by atoms with van der Waals surface area (Å²) in [4.78, 5) is 13.9. The third-order valence-electron chi connectivity index (χ3n) is 1.66. The lowest BCUT2D eigenvalue weighted by molar-refractivity contribution is -0.255. The van der Waals surface area contributed by atoms with E-state index in [-0.39, 0.29) is 0 Å². The molecule has 1 rings (SSSR count). The number of hydrogen-bond donors (Lipinski definition) is 0. The van der Waals surface area contributed by atoms with E-state index in [0.717, 1.165) is 6.20 Å². The summed E-state index contributed by atoms with van der Waals surface area (Å²) in [7, 11) is 0. The molecule has 0 radical (unpaired) electrons. The second-order valence-electron chi connectivity index (χ2n) is 2.76. The van der Waals surface area contributed by atoms with Gasteiger partial charge in [-0.05, 0) is 6.07 Å². The Morgan fingerprint density at radius 2 is 1.75 bits per heavy atom. The SMILES string of the molecule is O=C(c1ccncc1F)C(F)(F)C(F)(F)F. The minimum Gasteiger partial charge on any atom is -0.287 e. The van der Waals surface area contributed by atoms with Crippen LogP contribution < -0.4 is 0 Å². The molecule has 1 aromatic rings. The molecule has 0 aliphatic rings. The van der Waals surface area contributed by atoms with Gasteiger partial charge in [0.1, 0.15) is 0 Å². The van der Waals surface area contributed by atoms with Crippen LogP contribution in [0.4, 0.5) is 26.3 Å². The van der Waals surface area contributed by atoms with E-state index in [9.17, 15) is 31.1 Å². The molecule has 0 N–H and O–H groups in total. The molecular formula is C8H3F6NO. The van der Waals surface area contributed by atoms with E-state index in [1.54, 1.807) is 0 Å². The molecule has 0 saturated carbocycles. The number of nitrogens with zero attached hydrogens (tertiary/aromatic N) is 1. The number of halogens is 6. The summed E-state index contributed by atoms with van der Waals surface area (Å²) in [6.07, 6.45) is -4.94. The summed E-state index contributed by atoms with van der Waals surface area (Å²) in [5, 5.41) is 0. The minimum absolute atomic E-state index is 0.375. The van der Waals surface area contributed by atoms with E-state index in [1.807, 2.05) is 0 Å². The number of hydrogen-bond acceptors (Lipinski definition) is 2. The van der Waals surface area contributed by atoms with Crippen LogP contribution in [0.5, 0.6) is 0 Å². The standard InChI is InChI=1S/C8H3F6NO/c9-5-3-15-2-1-4(5)6(16)7(10,11)8(12,13)14/h1-3H. The minimum atomic E-state index is -6.06. The number of rotatable bonds is 2. The molecule has 2 nitrogen and oxygen atoms in total. The van der Waals surface area contributed by atoms with Crippen LogP contribution in [-0.2, 0) is 0 Å². The molecular weight excluding hydrogens is 240 g/mol. The van der Waals surface area contributed by atoms with Gasteiger partial charge in [0.25, 0.3) is 0 Å². The van der Waals surface area contributed by atoms with E-state index in [2.05, 4.69) is 4.98 Å². The summed E-state index contributed by atoms with van der Waals surface area (Å²) < 4.78 is 73.2. The number of alkyl halides is 5. The van der Waals surface area contributed by atoms with Crippen molar-refractivity contribution in [3.63, 3.8) is 0 Å². The van der Waals surface area contributed by atoms with Crippen molar-refractivity contribution in [1.29, 1.82) is 0 Å². The number of carbonyl (C=O) groups is 1. The molecule has 0 fully saturated rings. The van der Waals surface area contributed by atoms with E-state index in [4.69, 9.17) is 0 Å². The fourth-order valence-corrected chi connectivity index (χ4v) is 0.857. The van der Waals surface area contributed by atoms with E-state index in [0.29, 0.717) is 12.3 Å².